The summed E-state index contributed by atoms with van der Waals surface area (Å²) in [4.78, 5) is 56.8. The summed E-state index contributed by atoms with van der Waals surface area (Å²) in [6, 6.07) is 43.1. The first-order valence-electron chi connectivity index (χ1n) is 27.5. The second-order valence-corrected chi connectivity index (χ2v) is 27.2. The average molecular weight is 1060 g/mol. The normalized spacial score (nSPS) is 23.8. The van der Waals surface area contributed by atoms with E-state index in [1.807, 2.05) is 104 Å². The van der Waals surface area contributed by atoms with Crippen molar-refractivity contribution in [1.82, 2.24) is 25.6 Å². The van der Waals surface area contributed by atoms with Gasteiger partial charge < -0.3 is 39.9 Å². The molecule has 0 aliphatic carbocycles. The third kappa shape index (κ3) is 8.43. The fraction of sp³-hybridized carbons (Fsp3) is 0.417. The van der Waals surface area contributed by atoms with Crippen molar-refractivity contribution < 1.29 is 29.0 Å². The summed E-state index contributed by atoms with van der Waals surface area (Å²) in [7, 11) is -0.869. The second kappa shape index (κ2) is 20.2. The molecule has 16 nitrogen and oxygen atoms in total. The van der Waals surface area contributed by atoms with Crippen molar-refractivity contribution in [3.63, 3.8) is 0 Å². The number of nitrogens with one attached hydrogen (secondary N) is 2. The fourth-order valence-corrected chi connectivity index (χ4v) is 18.2. The monoisotopic (exact) mass is 1050 g/mol. The van der Waals surface area contributed by atoms with Crippen LogP contribution in [0.2, 0.25) is 18.6 Å². The molecule has 3 amide bonds. The van der Waals surface area contributed by atoms with Gasteiger partial charge >= 0.3 is 0 Å². The van der Waals surface area contributed by atoms with E-state index in [1.54, 1.807) is 7.11 Å². The third-order valence-corrected chi connectivity index (χ3v) is 22.5. The van der Waals surface area contributed by atoms with Crippen molar-refractivity contribution in [2.24, 2.45) is 5.92 Å². The third-order valence-electron chi connectivity index (χ3n) is 18.2. The van der Waals surface area contributed by atoms with Gasteiger partial charge in [0, 0.05) is 60.0 Å². The number of rotatable bonds is 14. The van der Waals surface area contributed by atoms with Crippen molar-refractivity contribution in [2.75, 3.05) is 77.7 Å². The molecule has 6 aromatic rings. The maximum Gasteiger partial charge on any atom is 0.264 e. The van der Waals surface area contributed by atoms with E-state index in [2.05, 4.69) is 99.3 Å². The van der Waals surface area contributed by atoms with Crippen LogP contribution in [0.5, 0.6) is 5.75 Å². The van der Waals surface area contributed by atoms with E-state index in [-0.39, 0.29) is 48.4 Å². The molecule has 3 spiro atoms. The molecule has 400 valence electrons. The van der Waals surface area contributed by atoms with Crippen LogP contribution in [-0.2, 0) is 44.2 Å². The van der Waals surface area contributed by atoms with Crippen LogP contribution in [0.3, 0.4) is 0 Å². The number of para-hydroxylation sites is 2. The van der Waals surface area contributed by atoms with Gasteiger partial charge in [0.15, 0.2) is 5.60 Å². The Morgan fingerprint density at radius 3 is 1.88 bits per heavy atom. The maximum atomic E-state index is 16.3. The number of amides is 3. The van der Waals surface area contributed by atoms with Crippen LogP contribution >= 0.6 is 0 Å². The van der Waals surface area contributed by atoms with Crippen LogP contribution in [0.25, 0.3) is 0 Å². The fourth-order valence-electron chi connectivity index (χ4n) is 14.2. The van der Waals surface area contributed by atoms with E-state index in [1.165, 1.54) is 5.19 Å². The van der Waals surface area contributed by atoms with E-state index in [0.717, 1.165) is 71.5 Å². The van der Waals surface area contributed by atoms with E-state index in [0.29, 0.717) is 64.1 Å². The van der Waals surface area contributed by atoms with E-state index in [4.69, 9.17) is 9.47 Å². The molecule has 5 fully saturated rings. The predicted molar refractivity (Wildman–Crippen MR) is 301 cm³/mol. The topological polar surface area (TPSA) is 161 Å². The quantitative estimate of drug-likeness (QED) is 0.101. The number of nitrogens with zero attached hydrogens (tertiary/aromatic N) is 8. The lowest BCUT2D eigenvalue weighted by atomic mass is 9.82. The Kier molecular flexibility index (Phi) is 13.3. The molecule has 17 heteroatoms. The number of aromatic nitrogens is 3. The Morgan fingerprint density at radius 1 is 0.714 bits per heavy atom. The Bertz CT molecular complexity index is 3150. The van der Waals surface area contributed by atoms with E-state index < -0.39 is 24.8 Å². The molecule has 0 bridgehead atoms. The predicted octanol–water partition coefficient (Wildman–Crippen LogP) is 6.54. The van der Waals surface area contributed by atoms with Gasteiger partial charge in [-0.3, -0.25) is 28.9 Å². The van der Waals surface area contributed by atoms with Crippen molar-refractivity contribution in [3.8, 4) is 5.75 Å². The molecule has 1 aromatic heterocycles. The number of carbonyl (C=O) groups excluding carboxylic acids is 3. The number of aliphatic hydroxyl groups excluding tert-OH is 1. The number of hydrogen-bond acceptors (Lipinski definition) is 12. The van der Waals surface area contributed by atoms with Crippen LogP contribution in [0.4, 0.5) is 28.4 Å². The van der Waals surface area contributed by atoms with Crippen molar-refractivity contribution in [2.45, 2.75) is 100.0 Å². The van der Waals surface area contributed by atoms with Gasteiger partial charge in [-0.2, -0.15) is 0 Å². The average Bonchev–Trinajstić information content (AvgIpc) is 4.25. The zero-order chi connectivity index (χ0) is 53.1. The zero-order valence-corrected chi connectivity index (χ0v) is 45.6. The minimum absolute atomic E-state index is 0.0220. The minimum atomic E-state index is -2.55. The molecule has 77 heavy (non-hydrogen) atoms. The summed E-state index contributed by atoms with van der Waals surface area (Å²) < 4.78 is 15.1. The van der Waals surface area contributed by atoms with E-state index in [9.17, 15) is 9.90 Å². The number of anilines is 5. The first kappa shape index (κ1) is 50.9. The Balaban J connectivity index is 0.949. The number of aliphatic hydroxyl groups is 1. The molecule has 5 aromatic carbocycles. The number of ether oxygens (including phenoxy) is 2. The largest absolute Gasteiger partial charge is 0.497 e. The summed E-state index contributed by atoms with van der Waals surface area (Å²) in [5, 5.41) is 26.6. The number of fused-ring (bicyclic) bond motifs is 2. The number of methoxy groups -OCH3 is 1. The van der Waals surface area contributed by atoms with Gasteiger partial charge in [0.2, 0.25) is 0 Å². The lowest BCUT2D eigenvalue weighted by molar-refractivity contribution is -0.146. The Hall–Kier alpha value is -6.89. The molecule has 6 aliphatic rings. The number of benzene rings is 5. The van der Waals surface area contributed by atoms with E-state index >= 15 is 9.59 Å². The van der Waals surface area contributed by atoms with Gasteiger partial charge in [-0.25, -0.2) is 0 Å². The molecule has 12 rings (SSSR count). The van der Waals surface area contributed by atoms with Crippen molar-refractivity contribution in [3.05, 3.63) is 150 Å². The highest BCUT2D eigenvalue weighted by Gasteiger charge is 2.67. The molecule has 6 aliphatic heterocycles. The summed E-state index contributed by atoms with van der Waals surface area (Å²) in [5.41, 5.74) is 3.76. The van der Waals surface area contributed by atoms with Crippen molar-refractivity contribution >= 4 is 59.4 Å². The molecular formula is C60H70N10O6Si. The summed E-state index contributed by atoms with van der Waals surface area (Å²) in [6.45, 7) is 11.4. The van der Waals surface area contributed by atoms with Crippen molar-refractivity contribution in [1.29, 1.82) is 0 Å². The Labute approximate surface area is 451 Å². The smallest absolute Gasteiger partial charge is 0.264 e. The molecule has 0 radical (unpaired) electrons. The van der Waals surface area contributed by atoms with Gasteiger partial charge in [-0.05, 0) is 136 Å². The second-order valence-electron chi connectivity index (χ2n) is 22.5. The molecular weight excluding hydrogens is 985 g/mol. The van der Waals surface area contributed by atoms with Gasteiger partial charge in [0.1, 0.15) is 16.8 Å². The minimum Gasteiger partial charge on any atom is -0.497 e. The lowest BCUT2D eigenvalue weighted by Crippen LogP contribution is -2.55. The number of piperidine rings is 2. The molecule has 5 saturated heterocycles. The van der Waals surface area contributed by atoms with Gasteiger partial charge in [0.05, 0.1) is 52.6 Å². The van der Waals surface area contributed by atoms with Crippen LogP contribution in [0, 0.1) is 5.92 Å². The molecule has 3 N–H and O–H groups in total. The maximum absolute atomic E-state index is 16.3. The summed E-state index contributed by atoms with van der Waals surface area (Å²) >= 11 is 0. The molecule has 0 saturated carbocycles. The van der Waals surface area contributed by atoms with Gasteiger partial charge in [0.25, 0.3) is 17.7 Å². The molecule has 4 atom stereocenters. The van der Waals surface area contributed by atoms with Gasteiger partial charge in [-0.1, -0.05) is 91.1 Å². The van der Waals surface area contributed by atoms with Crippen LogP contribution in [0.1, 0.15) is 55.8 Å². The van der Waals surface area contributed by atoms with Gasteiger partial charge in [-0.15, -0.1) is 5.10 Å². The highest BCUT2D eigenvalue weighted by Crippen LogP contribution is 2.61. The lowest BCUT2D eigenvalue weighted by Gasteiger charge is -2.39. The first-order chi connectivity index (χ1) is 37.4. The Morgan fingerprint density at radius 2 is 1.30 bits per heavy atom. The number of carbonyl (C=O) groups is 3. The molecule has 0 unspecified atom stereocenters. The number of aryl methyl sites for hydroxylation is 1. The summed E-state index contributed by atoms with van der Waals surface area (Å²) in [6.07, 6.45) is 5.22. The van der Waals surface area contributed by atoms with Crippen LogP contribution in [0.15, 0.2) is 134 Å². The zero-order valence-electron chi connectivity index (χ0n) is 44.6. The summed E-state index contributed by atoms with van der Waals surface area (Å²) in [5.74, 6) is 0.470. The highest BCUT2D eigenvalue weighted by molar-refractivity contribution is 6.91. The standard InChI is InChI=1S/C60H70N10O6Si/c1-42-54(77(3,4)50-21-19-49(75-2)20-22-50)53(24-34-65-39-44(25-35-71)63-64-65)76-60(42)51-37-48(68-41-70(46-15-9-6-10-16-46)59(56(68)73)28-32-62-33-29-59)18-23-52(51)66(57(60)74)38-43-12-11-17-47(36-43)67-40-69(45-13-7-5-8-14-45)58(55(67)72)26-30-61-31-27-58/h5-23,36-37,39,42,53-54,61-62,71H,24-35,38,40-41H2,1-4H3/t42-,53+,54-,60+/m1/s1. The van der Waals surface area contributed by atoms with Crippen LogP contribution in [-0.4, -0.2) is 116 Å². The molecule has 7 heterocycles. The number of hydrogen-bond donors (Lipinski definition) is 3. The SMILES string of the molecule is COc1ccc([Si](C)(C)[C@H]2[C@H](CCn3cc(CCO)nn3)O[C@@]3(C(=O)N(Cc4cccc(N5CN(c6ccccc6)C6(CCNCC6)C5=O)c4)c4ccc(N5CN(c6ccccc6)C6(CCNCC6)C5=O)cc43)[C@@H]2C)cc1. The first-order valence-corrected chi connectivity index (χ1v) is 30.6. The highest BCUT2D eigenvalue weighted by atomic mass is 28.3. The van der Waals surface area contributed by atoms with Crippen LogP contribution < -0.4 is 45.1 Å².